The number of carbonyl (C=O) groups excluding carboxylic acids is 1. The molecule has 0 atom stereocenters. The summed E-state index contributed by atoms with van der Waals surface area (Å²) in [4.78, 5) is 16.3. The molecule has 28 heavy (non-hydrogen) atoms. The van der Waals surface area contributed by atoms with Crippen LogP contribution in [0.25, 0.3) is 11.3 Å². The fraction of sp³-hybridized carbons (Fsp3) is 0.0526. The van der Waals surface area contributed by atoms with Gasteiger partial charge in [-0.05, 0) is 48.5 Å². The number of aromatic nitrogens is 1. The summed E-state index contributed by atoms with van der Waals surface area (Å²) in [6.45, 7) is 0. The number of rotatable bonds is 3. The summed E-state index contributed by atoms with van der Waals surface area (Å²) in [6.07, 6.45) is -3.76. The molecule has 2 aromatic carbocycles. The Morgan fingerprint density at radius 3 is 2.36 bits per heavy atom. The van der Waals surface area contributed by atoms with Gasteiger partial charge in [0.25, 0.3) is 5.91 Å². The molecule has 0 radical (unpaired) electrons. The van der Waals surface area contributed by atoms with Crippen molar-refractivity contribution in [3.63, 3.8) is 0 Å². The Morgan fingerprint density at radius 2 is 1.75 bits per heavy atom. The van der Waals surface area contributed by atoms with Crippen LogP contribution in [0.4, 0.5) is 24.5 Å². The number of hydrogen-bond acceptors (Lipinski definition) is 3. The van der Waals surface area contributed by atoms with Crippen molar-refractivity contribution in [2.75, 3.05) is 11.1 Å². The van der Waals surface area contributed by atoms with E-state index in [1.165, 1.54) is 30.3 Å². The lowest BCUT2D eigenvalue weighted by Gasteiger charge is -2.11. The van der Waals surface area contributed by atoms with E-state index in [1.807, 2.05) is 0 Å². The smallest absolute Gasteiger partial charge is 0.399 e. The van der Waals surface area contributed by atoms with Crippen LogP contribution >= 0.6 is 23.2 Å². The minimum absolute atomic E-state index is 0.191. The molecule has 0 aliphatic heterocycles. The second kappa shape index (κ2) is 7.69. The van der Waals surface area contributed by atoms with Crippen LogP contribution in [0, 0.1) is 0 Å². The maximum Gasteiger partial charge on any atom is 0.417 e. The number of nitrogen functional groups attached to an aromatic ring is 1. The fourth-order valence-corrected chi connectivity index (χ4v) is 2.92. The van der Waals surface area contributed by atoms with E-state index >= 15 is 0 Å². The van der Waals surface area contributed by atoms with E-state index in [-0.39, 0.29) is 21.3 Å². The zero-order chi connectivity index (χ0) is 20.5. The van der Waals surface area contributed by atoms with Crippen molar-refractivity contribution >= 4 is 40.5 Å². The highest BCUT2D eigenvalue weighted by atomic mass is 35.5. The molecule has 3 N–H and O–H groups in total. The number of nitrogens with zero attached hydrogens (tertiary/aromatic N) is 1. The van der Waals surface area contributed by atoms with Gasteiger partial charge in [-0.2, -0.15) is 13.2 Å². The van der Waals surface area contributed by atoms with Crippen LogP contribution < -0.4 is 11.1 Å². The molecule has 1 amide bonds. The van der Waals surface area contributed by atoms with Crippen molar-refractivity contribution in [2.24, 2.45) is 0 Å². The van der Waals surface area contributed by atoms with Gasteiger partial charge in [0.2, 0.25) is 0 Å². The third kappa shape index (κ3) is 4.37. The number of benzene rings is 2. The summed E-state index contributed by atoms with van der Waals surface area (Å²) >= 11 is 12.2. The molecule has 3 rings (SSSR count). The Balaban J connectivity index is 1.88. The number of amides is 1. The first-order chi connectivity index (χ1) is 13.1. The van der Waals surface area contributed by atoms with Gasteiger partial charge < -0.3 is 11.1 Å². The predicted octanol–water partition coefficient (Wildman–Crippen LogP) is 5.91. The van der Waals surface area contributed by atoms with Crippen LogP contribution in [0.2, 0.25) is 10.0 Å². The normalized spacial score (nSPS) is 11.3. The molecule has 0 unspecified atom stereocenters. The average molecular weight is 426 g/mol. The van der Waals surface area contributed by atoms with Crippen LogP contribution in [0.15, 0.2) is 54.7 Å². The predicted molar refractivity (Wildman–Crippen MR) is 104 cm³/mol. The van der Waals surface area contributed by atoms with E-state index in [9.17, 15) is 18.0 Å². The standard InChI is InChI=1S/C19H12Cl2F3N3O/c20-15-5-3-12(27-18(28)13-4-2-11(25)7-16(13)21)8-14(15)17-6-1-10(9-26-17)19(22,23)24/h1-9H,25H2,(H,27,28). The van der Waals surface area contributed by atoms with Crippen LogP contribution in [-0.2, 0) is 6.18 Å². The lowest BCUT2D eigenvalue weighted by Crippen LogP contribution is -2.12. The molecule has 4 nitrogen and oxygen atoms in total. The third-order valence-electron chi connectivity index (χ3n) is 3.83. The highest BCUT2D eigenvalue weighted by Crippen LogP contribution is 2.33. The highest BCUT2D eigenvalue weighted by Gasteiger charge is 2.30. The zero-order valence-electron chi connectivity index (χ0n) is 14.0. The molecule has 0 bridgehead atoms. The van der Waals surface area contributed by atoms with Gasteiger partial charge in [0, 0.05) is 23.1 Å². The Labute approximate surface area is 168 Å². The maximum atomic E-state index is 12.7. The topological polar surface area (TPSA) is 68.0 Å². The van der Waals surface area contributed by atoms with E-state index < -0.39 is 17.6 Å². The Morgan fingerprint density at radius 1 is 1.00 bits per heavy atom. The minimum Gasteiger partial charge on any atom is -0.399 e. The Hall–Kier alpha value is -2.77. The number of carbonyl (C=O) groups is 1. The molecule has 144 valence electrons. The summed E-state index contributed by atoms with van der Waals surface area (Å²) in [5, 5.41) is 3.13. The van der Waals surface area contributed by atoms with Crippen LogP contribution in [0.3, 0.4) is 0 Å². The van der Waals surface area contributed by atoms with Crippen molar-refractivity contribution in [3.05, 3.63) is 75.9 Å². The summed E-state index contributed by atoms with van der Waals surface area (Å²) in [5.41, 5.74) is 6.37. The van der Waals surface area contributed by atoms with Crippen LogP contribution in [0.5, 0.6) is 0 Å². The van der Waals surface area contributed by atoms with E-state index in [2.05, 4.69) is 10.3 Å². The average Bonchev–Trinajstić information content (AvgIpc) is 2.62. The zero-order valence-corrected chi connectivity index (χ0v) is 15.5. The minimum atomic E-state index is -4.48. The molecule has 0 spiro atoms. The first-order valence-corrected chi connectivity index (χ1v) is 8.60. The molecule has 1 aromatic heterocycles. The first-order valence-electron chi connectivity index (χ1n) is 7.84. The lowest BCUT2D eigenvalue weighted by molar-refractivity contribution is -0.137. The van der Waals surface area contributed by atoms with Gasteiger partial charge in [-0.25, -0.2) is 0 Å². The van der Waals surface area contributed by atoms with Crippen LogP contribution in [0.1, 0.15) is 15.9 Å². The Kier molecular flexibility index (Phi) is 5.49. The van der Waals surface area contributed by atoms with Gasteiger partial charge in [-0.3, -0.25) is 9.78 Å². The molecule has 0 aliphatic rings. The van der Waals surface area contributed by atoms with E-state index in [4.69, 9.17) is 28.9 Å². The lowest BCUT2D eigenvalue weighted by atomic mass is 10.1. The number of hydrogen-bond donors (Lipinski definition) is 2. The van der Waals surface area contributed by atoms with Crippen molar-refractivity contribution in [3.8, 4) is 11.3 Å². The number of anilines is 2. The first kappa shape index (κ1) is 20.0. The van der Waals surface area contributed by atoms with E-state index in [1.54, 1.807) is 12.1 Å². The molecule has 9 heteroatoms. The Bertz CT molecular complexity index is 1040. The fourth-order valence-electron chi connectivity index (χ4n) is 2.43. The summed E-state index contributed by atoms with van der Waals surface area (Å²) < 4.78 is 38.1. The second-order valence-corrected chi connectivity index (χ2v) is 6.63. The number of halogens is 5. The van der Waals surface area contributed by atoms with Gasteiger partial charge >= 0.3 is 6.18 Å². The molecule has 0 saturated carbocycles. The quantitative estimate of drug-likeness (QED) is 0.512. The highest BCUT2D eigenvalue weighted by molar-refractivity contribution is 6.35. The van der Waals surface area contributed by atoms with Gasteiger partial charge in [0.1, 0.15) is 0 Å². The van der Waals surface area contributed by atoms with Gasteiger partial charge in [0.05, 0.1) is 26.9 Å². The molecule has 3 aromatic rings. The van der Waals surface area contributed by atoms with Crippen molar-refractivity contribution in [1.82, 2.24) is 4.98 Å². The van der Waals surface area contributed by atoms with Gasteiger partial charge in [0.15, 0.2) is 0 Å². The number of pyridine rings is 1. The van der Waals surface area contributed by atoms with Gasteiger partial charge in [-0.15, -0.1) is 0 Å². The van der Waals surface area contributed by atoms with Crippen molar-refractivity contribution in [2.45, 2.75) is 6.18 Å². The SMILES string of the molecule is Nc1ccc(C(=O)Nc2ccc(Cl)c(-c3ccc(C(F)(F)F)cn3)c2)c(Cl)c1. The molecular formula is C19H12Cl2F3N3O. The number of alkyl halides is 3. The number of nitrogens with one attached hydrogen (secondary N) is 1. The molecule has 0 saturated heterocycles. The monoisotopic (exact) mass is 425 g/mol. The van der Waals surface area contributed by atoms with E-state index in [0.717, 1.165) is 12.3 Å². The van der Waals surface area contributed by atoms with Crippen molar-refractivity contribution < 1.29 is 18.0 Å². The summed E-state index contributed by atoms with van der Waals surface area (Å²) in [7, 11) is 0. The molecule has 1 heterocycles. The van der Waals surface area contributed by atoms with Crippen molar-refractivity contribution in [1.29, 1.82) is 0 Å². The number of nitrogens with two attached hydrogens (primary N) is 1. The molecular weight excluding hydrogens is 414 g/mol. The second-order valence-electron chi connectivity index (χ2n) is 5.82. The van der Waals surface area contributed by atoms with E-state index in [0.29, 0.717) is 16.9 Å². The maximum absolute atomic E-state index is 12.7. The van der Waals surface area contributed by atoms with Gasteiger partial charge in [-0.1, -0.05) is 23.2 Å². The van der Waals surface area contributed by atoms with Crippen LogP contribution in [-0.4, -0.2) is 10.9 Å². The summed E-state index contributed by atoms with van der Waals surface area (Å²) in [6, 6.07) is 11.2. The third-order valence-corrected chi connectivity index (χ3v) is 4.47. The molecule has 0 fully saturated rings. The molecule has 0 aliphatic carbocycles. The largest absolute Gasteiger partial charge is 0.417 e. The summed E-state index contributed by atoms with van der Waals surface area (Å²) in [5.74, 6) is -0.473.